The molecule has 7 nitrogen and oxygen atoms in total. The van der Waals surface area contributed by atoms with E-state index < -0.39 is 10.0 Å². The highest BCUT2D eigenvalue weighted by Gasteiger charge is 2.34. The van der Waals surface area contributed by atoms with Crippen molar-refractivity contribution < 1.29 is 22.7 Å². The molecule has 0 aliphatic carbocycles. The van der Waals surface area contributed by atoms with Gasteiger partial charge in [0.15, 0.2) is 0 Å². The van der Waals surface area contributed by atoms with Crippen LogP contribution in [0.25, 0.3) is 0 Å². The van der Waals surface area contributed by atoms with E-state index in [0.717, 1.165) is 24.2 Å². The molecule has 0 radical (unpaired) electrons. The zero-order valence-electron chi connectivity index (χ0n) is 17.3. The summed E-state index contributed by atoms with van der Waals surface area (Å²) in [5.74, 6) is 1.20. The first kappa shape index (κ1) is 22.1. The molecule has 1 atom stereocenters. The summed E-state index contributed by atoms with van der Waals surface area (Å²) in [6, 6.07) is 13.5. The third-order valence-corrected chi connectivity index (χ3v) is 7.27. The zero-order chi connectivity index (χ0) is 21.6. The van der Waals surface area contributed by atoms with Gasteiger partial charge in [0.05, 0.1) is 19.1 Å². The van der Waals surface area contributed by atoms with Crippen LogP contribution in [0.2, 0.25) is 0 Å². The number of carbonyl (C=O) groups is 1. The Kier molecular flexibility index (Phi) is 7.33. The summed E-state index contributed by atoms with van der Waals surface area (Å²) in [6.07, 6.45) is 2.52. The molecule has 0 aromatic heterocycles. The van der Waals surface area contributed by atoms with Crippen molar-refractivity contribution in [3.05, 3.63) is 54.1 Å². The van der Waals surface area contributed by atoms with Crippen LogP contribution in [-0.4, -0.2) is 45.4 Å². The minimum Gasteiger partial charge on any atom is -0.497 e. The SMILES string of the molecule is COc1ccc(CNC(=O)C[C@H]2CCCCN2S(=O)(=O)c2ccc(OC)cc2)cc1. The Balaban J connectivity index is 1.64. The van der Waals surface area contributed by atoms with Crippen LogP contribution in [0, 0.1) is 0 Å². The second-order valence-electron chi connectivity index (χ2n) is 7.27. The van der Waals surface area contributed by atoms with Gasteiger partial charge in [-0.3, -0.25) is 4.79 Å². The number of benzene rings is 2. The van der Waals surface area contributed by atoms with Crippen molar-refractivity contribution in [1.29, 1.82) is 0 Å². The Morgan fingerprint density at radius 3 is 2.20 bits per heavy atom. The number of nitrogens with one attached hydrogen (secondary N) is 1. The second kappa shape index (κ2) is 9.95. The first-order valence-corrected chi connectivity index (χ1v) is 11.4. The molecule has 0 unspecified atom stereocenters. The fourth-order valence-corrected chi connectivity index (χ4v) is 5.30. The Labute approximate surface area is 178 Å². The first-order chi connectivity index (χ1) is 14.4. The van der Waals surface area contributed by atoms with E-state index >= 15 is 0 Å². The van der Waals surface area contributed by atoms with Gasteiger partial charge in [0.25, 0.3) is 0 Å². The predicted molar refractivity (Wildman–Crippen MR) is 114 cm³/mol. The molecule has 8 heteroatoms. The third-order valence-electron chi connectivity index (χ3n) is 5.31. The van der Waals surface area contributed by atoms with Crippen molar-refractivity contribution in [1.82, 2.24) is 9.62 Å². The maximum absolute atomic E-state index is 13.2. The molecule has 30 heavy (non-hydrogen) atoms. The fraction of sp³-hybridized carbons (Fsp3) is 0.409. The lowest BCUT2D eigenvalue weighted by Gasteiger charge is -2.34. The lowest BCUT2D eigenvalue weighted by atomic mass is 10.0. The molecule has 1 heterocycles. The molecule has 1 fully saturated rings. The topological polar surface area (TPSA) is 84.9 Å². The molecule has 3 rings (SSSR count). The summed E-state index contributed by atoms with van der Waals surface area (Å²) in [4.78, 5) is 12.7. The molecule has 0 bridgehead atoms. The molecule has 1 aliphatic heterocycles. The molecular weight excluding hydrogens is 404 g/mol. The van der Waals surface area contributed by atoms with Gasteiger partial charge in [0.1, 0.15) is 11.5 Å². The van der Waals surface area contributed by atoms with Gasteiger partial charge in [-0.1, -0.05) is 18.6 Å². The standard InChI is InChI=1S/C22H28N2O5S/c1-28-19-8-6-17(7-9-19)16-23-22(25)15-18-5-3-4-14-24(18)30(26,27)21-12-10-20(29-2)11-13-21/h6-13,18H,3-5,14-16H2,1-2H3,(H,23,25)/t18-/m1/s1. The third kappa shape index (κ3) is 5.31. The van der Waals surface area contributed by atoms with Gasteiger partial charge in [-0.15, -0.1) is 0 Å². The van der Waals surface area contributed by atoms with Crippen LogP contribution in [0.5, 0.6) is 11.5 Å². The minimum absolute atomic E-state index is 0.144. The smallest absolute Gasteiger partial charge is 0.243 e. The molecular formula is C22H28N2O5S. The number of piperidine rings is 1. The number of methoxy groups -OCH3 is 2. The number of ether oxygens (including phenoxy) is 2. The highest BCUT2D eigenvalue weighted by atomic mass is 32.2. The lowest BCUT2D eigenvalue weighted by Crippen LogP contribution is -2.45. The van der Waals surface area contributed by atoms with Crippen LogP contribution in [0.15, 0.2) is 53.4 Å². The van der Waals surface area contributed by atoms with E-state index in [1.54, 1.807) is 31.4 Å². The lowest BCUT2D eigenvalue weighted by molar-refractivity contribution is -0.122. The van der Waals surface area contributed by atoms with E-state index in [4.69, 9.17) is 9.47 Å². The Morgan fingerprint density at radius 2 is 1.60 bits per heavy atom. The number of amides is 1. The zero-order valence-corrected chi connectivity index (χ0v) is 18.2. The van der Waals surface area contributed by atoms with Gasteiger partial charge in [0.2, 0.25) is 15.9 Å². The van der Waals surface area contributed by atoms with E-state index in [1.165, 1.54) is 11.4 Å². The maximum Gasteiger partial charge on any atom is 0.243 e. The molecule has 0 saturated carbocycles. The summed E-state index contributed by atoms with van der Waals surface area (Å²) in [5.41, 5.74) is 0.954. The minimum atomic E-state index is -3.67. The predicted octanol–water partition coefficient (Wildman–Crippen LogP) is 2.95. The highest BCUT2D eigenvalue weighted by molar-refractivity contribution is 7.89. The highest BCUT2D eigenvalue weighted by Crippen LogP contribution is 2.28. The molecule has 1 amide bonds. The molecule has 0 spiro atoms. The van der Waals surface area contributed by atoms with E-state index in [-0.39, 0.29) is 23.3 Å². The number of sulfonamides is 1. The maximum atomic E-state index is 13.2. The summed E-state index contributed by atoms with van der Waals surface area (Å²) in [7, 11) is -0.532. The quantitative estimate of drug-likeness (QED) is 0.693. The summed E-state index contributed by atoms with van der Waals surface area (Å²) >= 11 is 0. The van der Waals surface area contributed by atoms with Crippen LogP contribution < -0.4 is 14.8 Å². The van der Waals surface area contributed by atoms with Crippen molar-refractivity contribution in [3.8, 4) is 11.5 Å². The molecule has 1 N–H and O–H groups in total. The van der Waals surface area contributed by atoms with E-state index in [2.05, 4.69) is 5.32 Å². The first-order valence-electron chi connectivity index (χ1n) is 9.99. The Hall–Kier alpha value is -2.58. The Bertz CT molecular complexity index is 942. The van der Waals surface area contributed by atoms with Gasteiger partial charge in [-0.05, 0) is 54.8 Å². The number of hydrogen-bond acceptors (Lipinski definition) is 5. The average molecular weight is 433 g/mol. The molecule has 1 saturated heterocycles. The van der Waals surface area contributed by atoms with Crippen LogP contribution in [0.4, 0.5) is 0 Å². The molecule has 2 aromatic carbocycles. The van der Waals surface area contributed by atoms with Crippen molar-refractivity contribution in [2.45, 2.75) is 43.2 Å². The van der Waals surface area contributed by atoms with Crippen LogP contribution >= 0.6 is 0 Å². The number of hydrogen-bond donors (Lipinski definition) is 1. The fourth-order valence-electron chi connectivity index (χ4n) is 3.61. The van der Waals surface area contributed by atoms with Gasteiger partial charge in [-0.25, -0.2) is 8.42 Å². The second-order valence-corrected chi connectivity index (χ2v) is 9.16. The summed E-state index contributed by atoms with van der Waals surface area (Å²) in [5, 5.41) is 2.89. The van der Waals surface area contributed by atoms with Crippen molar-refractivity contribution in [2.24, 2.45) is 0 Å². The van der Waals surface area contributed by atoms with Gasteiger partial charge < -0.3 is 14.8 Å². The summed E-state index contributed by atoms with van der Waals surface area (Å²) < 4.78 is 38.0. The van der Waals surface area contributed by atoms with Crippen molar-refractivity contribution in [2.75, 3.05) is 20.8 Å². The number of carbonyl (C=O) groups excluding carboxylic acids is 1. The largest absolute Gasteiger partial charge is 0.497 e. The molecule has 1 aliphatic rings. The van der Waals surface area contributed by atoms with E-state index in [9.17, 15) is 13.2 Å². The van der Waals surface area contributed by atoms with Crippen LogP contribution in [0.1, 0.15) is 31.2 Å². The van der Waals surface area contributed by atoms with Crippen LogP contribution in [0.3, 0.4) is 0 Å². The van der Waals surface area contributed by atoms with Gasteiger partial charge in [-0.2, -0.15) is 4.31 Å². The summed E-state index contributed by atoms with van der Waals surface area (Å²) in [6.45, 7) is 0.811. The normalized spacial score (nSPS) is 17.3. The Morgan fingerprint density at radius 1 is 1.00 bits per heavy atom. The van der Waals surface area contributed by atoms with Gasteiger partial charge in [0, 0.05) is 25.6 Å². The van der Waals surface area contributed by atoms with Crippen molar-refractivity contribution in [3.63, 3.8) is 0 Å². The van der Waals surface area contributed by atoms with Gasteiger partial charge >= 0.3 is 0 Å². The monoisotopic (exact) mass is 432 g/mol. The van der Waals surface area contributed by atoms with E-state index in [1.807, 2.05) is 24.3 Å². The van der Waals surface area contributed by atoms with Crippen molar-refractivity contribution >= 4 is 15.9 Å². The van der Waals surface area contributed by atoms with Crippen LogP contribution in [-0.2, 0) is 21.4 Å². The molecule has 2 aromatic rings. The number of nitrogens with zero attached hydrogens (tertiary/aromatic N) is 1. The molecule has 162 valence electrons. The van der Waals surface area contributed by atoms with E-state index in [0.29, 0.717) is 25.3 Å². The average Bonchev–Trinajstić information content (AvgIpc) is 2.78. The number of rotatable bonds is 8.